The summed E-state index contributed by atoms with van der Waals surface area (Å²) in [5.41, 5.74) is 4.02. The van der Waals surface area contributed by atoms with Gasteiger partial charge in [-0.3, -0.25) is 0 Å². The molecule has 0 amide bonds. The molecule has 2 rings (SSSR count). The van der Waals surface area contributed by atoms with Crippen molar-refractivity contribution in [1.29, 1.82) is 0 Å². The third kappa shape index (κ3) is 2.56. The Balaban J connectivity index is 2.41. The summed E-state index contributed by atoms with van der Waals surface area (Å²) in [5, 5.41) is 3.39. The van der Waals surface area contributed by atoms with Crippen molar-refractivity contribution in [3.05, 3.63) is 23.3 Å². The molecule has 100 valence electrons. The maximum atomic E-state index is 4.63. The highest BCUT2D eigenvalue weighted by atomic mass is 14.9. The highest BCUT2D eigenvalue weighted by Crippen LogP contribution is 2.32. The Morgan fingerprint density at radius 2 is 1.83 bits per heavy atom. The van der Waals surface area contributed by atoms with Gasteiger partial charge in [-0.05, 0) is 51.1 Å². The molecule has 0 fully saturated rings. The van der Waals surface area contributed by atoms with Crippen molar-refractivity contribution in [3.63, 3.8) is 0 Å². The van der Waals surface area contributed by atoms with Crippen LogP contribution in [0.3, 0.4) is 0 Å². The predicted octanol–water partition coefficient (Wildman–Crippen LogP) is 2.70. The summed E-state index contributed by atoms with van der Waals surface area (Å²) < 4.78 is 0. The Kier molecular flexibility index (Phi) is 4.33. The van der Waals surface area contributed by atoms with E-state index in [4.69, 9.17) is 0 Å². The molecule has 1 heterocycles. The minimum absolute atomic E-state index is 0.450. The van der Waals surface area contributed by atoms with Crippen molar-refractivity contribution in [1.82, 2.24) is 15.3 Å². The van der Waals surface area contributed by atoms with Crippen molar-refractivity contribution >= 4 is 0 Å². The first kappa shape index (κ1) is 13.5. The molecule has 0 aromatic carbocycles. The third-order valence-corrected chi connectivity index (χ3v) is 4.19. The van der Waals surface area contributed by atoms with E-state index in [2.05, 4.69) is 36.1 Å². The van der Waals surface area contributed by atoms with Crippen LogP contribution >= 0.6 is 0 Å². The molecule has 1 aliphatic carbocycles. The van der Waals surface area contributed by atoms with Crippen LogP contribution in [-0.2, 0) is 12.8 Å². The van der Waals surface area contributed by atoms with Crippen LogP contribution in [0, 0.1) is 5.92 Å². The largest absolute Gasteiger partial charge is 0.317 e. The van der Waals surface area contributed by atoms with E-state index in [0.717, 1.165) is 12.8 Å². The smallest absolute Gasteiger partial charge is 0.115 e. The van der Waals surface area contributed by atoms with Gasteiger partial charge in [-0.25, -0.2) is 9.97 Å². The number of aromatic nitrogens is 2. The number of nitrogens with one attached hydrogen (secondary N) is 1. The first-order valence-electron chi connectivity index (χ1n) is 7.15. The molecule has 0 saturated heterocycles. The minimum atomic E-state index is 0.450. The first-order valence-corrected chi connectivity index (χ1v) is 7.15. The molecule has 0 saturated carbocycles. The molecule has 0 bridgehead atoms. The molecule has 0 radical (unpaired) electrons. The van der Waals surface area contributed by atoms with Crippen LogP contribution in [0.2, 0.25) is 0 Å². The van der Waals surface area contributed by atoms with E-state index in [9.17, 15) is 0 Å². The average molecular weight is 247 g/mol. The van der Waals surface area contributed by atoms with Gasteiger partial charge in [-0.1, -0.05) is 13.8 Å². The van der Waals surface area contributed by atoms with Gasteiger partial charge < -0.3 is 5.32 Å². The van der Waals surface area contributed by atoms with E-state index in [-0.39, 0.29) is 0 Å². The fourth-order valence-electron chi connectivity index (χ4n) is 3.14. The van der Waals surface area contributed by atoms with Gasteiger partial charge in [0.05, 0.1) is 5.69 Å². The highest BCUT2D eigenvalue weighted by molar-refractivity contribution is 5.30. The van der Waals surface area contributed by atoms with Crippen LogP contribution < -0.4 is 5.32 Å². The summed E-state index contributed by atoms with van der Waals surface area (Å²) in [7, 11) is 2.04. The van der Waals surface area contributed by atoms with Crippen molar-refractivity contribution < 1.29 is 0 Å². The van der Waals surface area contributed by atoms with Crippen LogP contribution in [0.5, 0.6) is 0 Å². The highest BCUT2D eigenvalue weighted by Gasteiger charge is 2.27. The Bertz CT molecular complexity index is 401. The lowest BCUT2D eigenvalue weighted by atomic mass is 9.81. The fourth-order valence-corrected chi connectivity index (χ4v) is 3.14. The van der Waals surface area contributed by atoms with Crippen LogP contribution in [0.25, 0.3) is 0 Å². The molecular formula is C15H25N3. The summed E-state index contributed by atoms with van der Waals surface area (Å²) in [6.07, 6.45) is 6.61. The van der Waals surface area contributed by atoms with E-state index >= 15 is 0 Å². The molecule has 1 N–H and O–H groups in total. The summed E-state index contributed by atoms with van der Waals surface area (Å²) in [4.78, 5) is 9.11. The second-order valence-electron chi connectivity index (χ2n) is 5.74. The molecule has 2 unspecified atom stereocenters. The quantitative estimate of drug-likeness (QED) is 0.889. The number of nitrogens with zero attached hydrogens (tertiary/aromatic N) is 2. The monoisotopic (exact) mass is 247 g/mol. The maximum Gasteiger partial charge on any atom is 0.115 e. The average Bonchev–Trinajstić information content (AvgIpc) is 2.38. The zero-order valence-electron chi connectivity index (χ0n) is 12.0. The van der Waals surface area contributed by atoms with Crippen molar-refractivity contribution in [2.24, 2.45) is 5.92 Å². The standard InChI is InChI=1S/C15H25N3/c1-10(2)14(11(3)16-4)15-12-7-5-6-8-13(12)17-9-18-15/h9-11,14,16H,5-8H2,1-4H3. The van der Waals surface area contributed by atoms with E-state index in [0.29, 0.717) is 17.9 Å². The van der Waals surface area contributed by atoms with E-state index in [1.807, 2.05) is 7.05 Å². The SMILES string of the molecule is CNC(C)C(c1ncnc2c1CCCC2)C(C)C. The number of rotatable bonds is 4. The summed E-state index contributed by atoms with van der Waals surface area (Å²) in [6, 6.07) is 0.450. The van der Waals surface area contributed by atoms with E-state index in [1.165, 1.54) is 29.8 Å². The van der Waals surface area contributed by atoms with Gasteiger partial charge in [0.1, 0.15) is 6.33 Å². The van der Waals surface area contributed by atoms with E-state index < -0.39 is 0 Å². The fraction of sp³-hybridized carbons (Fsp3) is 0.733. The molecule has 1 aliphatic rings. The maximum absolute atomic E-state index is 4.63. The summed E-state index contributed by atoms with van der Waals surface area (Å²) in [6.45, 7) is 6.83. The summed E-state index contributed by atoms with van der Waals surface area (Å²) in [5.74, 6) is 1.07. The Labute approximate surface area is 110 Å². The molecule has 18 heavy (non-hydrogen) atoms. The lowest BCUT2D eigenvalue weighted by molar-refractivity contribution is 0.383. The molecule has 1 aromatic rings. The number of hydrogen-bond acceptors (Lipinski definition) is 3. The van der Waals surface area contributed by atoms with Gasteiger partial charge in [-0.2, -0.15) is 0 Å². The molecule has 2 atom stereocenters. The molecule has 3 nitrogen and oxygen atoms in total. The van der Waals surface area contributed by atoms with Gasteiger partial charge in [0.15, 0.2) is 0 Å². The molecular weight excluding hydrogens is 222 g/mol. The molecule has 3 heteroatoms. The Morgan fingerprint density at radius 1 is 1.11 bits per heavy atom. The lowest BCUT2D eigenvalue weighted by Crippen LogP contribution is -2.33. The van der Waals surface area contributed by atoms with Crippen LogP contribution in [0.4, 0.5) is 0 Å². The molecule has 1 aromatic heterocycles. The molecule has 0 aliphatic heterocycles. The topological polar surface area (TPSA) is 37.8 Å². The van der Waals surface area contributed by atoms with Crippen LogP contribution in [0.1, 0.15) is 56.5 Å². The number of aryl methyl sites for hydroxylation is 1. The zero-order chi connectivity index (χ0) is 13.1. The van der Waals surface area contributed by atoms with E-state index in [1.54, 1.807) is 6.33 Å². The van der Waals surface area contributed by atoms with Crippen molar-refractivity contribution in [3.8, 4) is 0 Å². The van der Waals surface area contributed by atoms with Gasteiger partial charge in [0.2, 0.25) is 0 Å². The van der Waals surface area contributed by atoms with Gasteiger partial charge in [0, 0.05) is 17.7 Å². The second kappa shape index (κ2) is 5.79. The normalized spacial score (nSPS) is 18.5. The Morgan fingerprint density at radius 3 is 2.50 bits per heavy atom. The van der Waals surface area contributed by atoms with Crippen LogP contribution in [0.15, 0.2) is 6.33 Å². The minimum Gasteiger partial charge on any atom is -0.317 e. The number of likely N-dealkylation sites (N-methyl/N-ethyl adjacent to an activating group) is 1. The third-order valence-electron chi connectivity index (χ3n) is 4.19. The van der Waals surface area contributed by atoms with Gasteiger partial charge in [0.25, 0.3) is 0 Å². The molecule has 0 spiro atoms. The number of hydrogen-bond donors (Lipinski definition) is 1. The first-order chi connectivity index (χ1) is 8.65. The number of fused-ring (bicyclic) bond motifs is 1. The summed E-state index contributed by atoms with van der Waals surface area (Å²) >= 11 is 0. The van der Waals surface area contributed by atoms with Gasteiger partial charge in [-0.15, -0.1) is 0 Å². The zero-order valence-corrected chi connectivity index (χ0v) is 12.0. The van der Waals surface area contributed by atoms with Crippen molar-refractivity contribution in [2.45, 2.75) is 58.4 Å². The second-order valence-corrected chi connectivity index (χ2v) is 5.74. The lowest BCUT2D eigenvalue weighted by Gasteiger charge is -2.30. The predicted molar refractivity (Wildman–Crippen MR) is 74.8 cm³/mol. The Hall–Kier alpha value is -0.960. The van der Waals surface area contributed by atoms with Crippen molar-refractivity contribution in [2.75, 3.05) is 7.05 Å². The van der Waals surface area contributed by atoms with Gasteiger partial charge >= 0.3 is 0 Å². The van der Waals surface area contributed by atoms with Crippen LogP contribution in [-0.4, -0.2) is 23.1 Å².